The molecule has 5 rings (SSSR count). The van der Waals surface area contributed by atoms with E-state index < -0.39 is 83.0 Å². The van der Waals surface area contributed by atoms with Gasteiger partial charge in [0.2, 0.25) is 23.0 Å². The number of benzene rings is 3. The molecule has 32 heteroatoms. The van der Waals surface area contributed by atoms with E-state index in [4.69, 9.17) is 17.3 Å². The molecule has 285 valence electrons. The van der Waals surface area contributed by atoms with Crippen LogP contribution < -0.4 is 140 Å². The molecule has 1 aromatic heterocycles. The van der Waals surface area contributed by atoms with Gasteiger partial charge in [-0.05, 0) is 71.8 Å². The van der Waals surface area contributed by atoms with Crippen LogP contribution in [0.15, 0.2) is 73.2 Å². The number of fused-ring (bicyclic) bond motifs is 1. The second-order valence-electron chi connectivity index (χ2n) is 10.2. The summed E-state index contributed by atoms with van der Waals surface area (Å²) in [6.45, 7) is 0. The van der Waals surface area contributed by atoms with E-state index in [9.17, 15) is 61.8 Å². The van der Waals surface area contributed by atoms with E-state index in [0.29, 0.717) is 6.07 Å². The van der Waals surface area contributed by atoms with Crippen LogP contribution in [0.1, 0.15) is 15.9 Å². The molecular formula is C25H19ClCuN8Na4O14S4+4. The number of ketones is 1. The molecule has 0 spiro atoms. The van der Waals surface area contributed by atoms with Gasteiger partial charge in [-0.15, -0.1) is 0 Å². The molecule has 0 saturated carbocycles. The molecule has 0 unspecified atom stereocenters. The van der Waals surface area contributed by atoms with Crippen molar-refractivity contribution in [1.29, 1.82) is 0 Å². The first kappa shape index (κ1) is 56.2. The number of carbonyl (C=O) groups excluding carboxylic acids is 1. The molecule has 1 radical (unpaired) electrons. The smallest absolute Gasteiger partial charge is 0.504 e. The summed E-state index contributed by atoms with van der Waals surface area (Å²) in [6, 6.07) is 7.82. The predicted octanol–water partition coefficient (Wildman–Crippen LogP) is -10.1. The molecule has 0 saturated heterocycles. The van der Waals surface area contributed by atoms with Crippen molar-refractivity contribution in [2.45, 2.75) is 14.7 Å². The largest absolute Gasteiger partial charge is 1.00 e. The number of nitrogens with one attached hydrogen (secondary N) is 3. The van der Waals surface area contributed by atoms with Gasteiger partial charge in [0.15, 0.2) is 11.5 Å². The molecule has 57 heavy (non-hydrogen) atoms. The molecule has 22 nitrogen and oxygen atoms in total. The van der Waals surface area contributed by atoms with Gasteiger partial charge in [-0.3, -0.25) is 28.4 Å². The average Bonchev–Trinajstić information content (AvgIpc) is 2.99. The van der Waals surface area contributed by atoms with Gasteiger partial charge in [-0.2, -0.15) is 53.7 Å². The van der Waals surface area contributed by atoms with Crippen molar-refractivity contribution in [3.8, 4) is 5.75 Å². The normalized spacial score (nSPS) is 13.2. The van der Waals surface area contributed by atoms with Gasteiger partial charge in [0, 0.05) is 34.0 Å². The standard InChI is InChI=1S/C25H19ClN8O14S4.Cu.4Na/c26-23-30-24(27)32-25(31-23)29-15-4-2-12(7-17(15)50(40,41)42)28-11-1-3-14-10(5-11)6-18(51(43,44)45)20(21(14)35)34-33-16-8-13(49(37,38)39)9-19(22(16)36)52(46,47)48;;;;;/h1-9,28,33,36H,(H,37,38,39)(H,40,41,42)(H,43,44,45)(H,46,47,48)(H3,27,29,30,31,32);;;;;/q;;4*+1. The van der Waals surface area contributed by atoms with E-state index in [1.54, 1.807) is 0 Å². The summed E-state index contributed by atoms with van der Waals surface area (Å²) in [4.78, 5) is 20.1. The Morgan fingerprint density at radius 3 is 1.81 bits per heavy atom. The number of nitrogens with zero attached hydrogens (tertiary/aromatic N) is 4. The summed E-state index contributed by atoms with van der Waals surface area (Å²) in [5.41, 5.74) is 4.99. The van der Waals surface area contributed by atoms with Crippen LogP contribution in [0.25, 0.3) is 6.08 Å². The maximum absolute atomic E-state index is 13.4. The fraction of sp³-hybridized carbons (Fsp3) is 0. The molecule has 0 aliphatic heterocycles. The van der Waals surface area contributed by atoms with Crippen molar-refractivity contribution in [3.05, 3.63) is 69.8 Å². The number of anilines is 6. The van der Waals surface area contributed by atoms with Crippen molar-refractivity contribution >= 4 is 104 Å². The van der Waals surface area contributed by atoms with Crippen molar-refractivity contribution in [2.75, 3.05) is 21.8 Å². The average molecular weight is 975 g/mol. The van der Waals surface area contributed by atoms with Crippen LogP contribution in [0, 0.1) is 0 Å². The van der Waals surface area contributed by atoms with Gasteiger partial charge in [-0.1, -0.05) is 0 Å². The number of allylic oxidation sites excluding steroid dienone is 1. The first-order chi connectivity index (χ1) is 23.9. The Balaban J connectivity index is 0.00000627. The molecule has 0 amide bonds. The second-order valence-corrected chi connectivity index (χ2v) is 16.1. The summed E-state index contributed by atoms with van der Waals surface area (Å²) >= 11 is 5.74. The molecule has 3 aromatic carbocycles. The number of Topliss-reactive ketones (excluding diaryl/α,β-unsaturated/α-hetero) is 1. The SMILES string of the molecule is Nc1nc(Cl)nc(Nc2ccc(Nc3ccc4c(c3)C=C(S(=O)(=O)O)C(=NNc3cc(S(=O)(=O)O)cc(S(=O)(=O)O)c3O)C4=O)cc2S(=O)(=O)O)n1.[Cu].[Na+].[Na+].[Na+].[Na+]. The third kappa shape index (κ3) is 13.9. The Morgan fingerprint density at radius 2 is 1.26 bits per heavy atom. The number of rotatable bonds is 10. The van der Waals surface area contributed by atoms with Crippen LogP contribution in [-0.2, 0) is 57.5 Å². The number of phenolic OH excluding ortho intramolecular Hbond substituents is 1. The number of nitrogens with two attached hydrogens (primary N) is 1. The molecule has 1 aliphatic carbocycles. The Kier molecular flexibility index (Phi) is 21.0. The topological polar surface area (TPSA) is 368 Å². The zero-order valence-corrected chi connectivity index (χ0v) is 42.2. The van der Waals surface area contributed by atoms with Crippen LogP contribution in [-0.4, -0.2) is 83.4 Å². The number of halogens is 1. The summed E-state index contributed by atoms with van der Waals surface area (Å²) in [5, 5.41) is 18.9. The van der Waals surface area contributed by atoms with Crippen molar-refractivity contribution in [2.24, 2.45) is 5.10 Å². The number of aromatic nitrogens is 3. The zero-order chi connectivity index (χ0) is 38.6. The van der Waals surface area contributed by atoms with Crippen LogP contribution in [0.2, 0.25) is 5.28 Å². The fourth-order valence-corrected chi connectivity index (χ4v) is 7.21. The molecule has 1 heterocycles. The molecule has 0 atom stereocenters. The first-order valence-corrected chi connectivity index (χ1v) is 19.4. The Hall–Kier alpha value is -0.801. The Bertz CT molecular complexity index is 2730. The number of hydrogen-bond acceptors (Lipinski definition) is 18. The van der Waals surface area contributed by atoms with E-state index in [1.807, 2.05) is 5.43 Å². The number of phenols is 1. The maximum Gasteiger partial charge on any atom is 1.00 e. The van der Waals surface area contributed by atoms with Gasteiger partial charge < -0.3 is 21.5 Å². The van der Waals surface area contributed by atoms with E-state index >= 15 is 0 Å². The van der Waals surface area contributed by atoms with Crippen LogP contribution in [0.3, 0.4) is 0 Å². The van der Waals surface area contributed by atoms with Crippen LogP contribution in [0.5, 0.6) is 5.75 Å². The summed E-state index contributed by atoms with van der Waals surface area (Å²) in [5.74, 6) is -3.07. The monoisotopic (exact) mass is 973 g/mol. The number of carbonyl (C=O) groups is 1. The van der Waals surface area contributed by atoms with E-state index in [1.165, 1.54) is 24.3 Å². The number of nitrogen functional groups attached to an aromatic ring is 1. The summed E-state index contributed by atoms with van der Waals surface area (Å²) in [7, 11) is -20.6. The minimum Gasteiger partial charge on any atom is -0.504 e. The third-order valence-corrected chi connectivity index (χ3v) is 10.3. The second kappa shape index (κ2) is 21.3. The van der Waals surface area contributed by atoms with Crippen molar-refractivity contribution in [3.63, 3.8) is 0 Å². The van der Waals surface area contributed by atoms with Gasteiger partial charge in [0.25, 0.3) is 40.5 Å². The molecular weight excluding hydrogens is 956 g/mol. The Morgan fingerprint density at radius 1 is 0.684 bits per heavy atom. The predicted molar refractivity (Wildman–Crippen MR) is 181 cm³/mol. The van der Waals surface area contributed by atoms with E-state index in [2.05, 4.69) is 30.7 Å². The molecule has 0 bridgehead atoms. The molecule has 0 fully saturated rings. The zero-order valence-electron chi connectivity index (χ0n) is 29.3. The van der Waals surface area contributed by atoms with Gasteiger partial charge in [0.1, 0.15) is 20.4 Å². The summed E-state index contributed by atoms with van der Waals surface area (Å²) < 4.78 is 134. The molecule has 10 N–H and O–H groups in total. The van der Waals surface area contributed by atoms with Crippen molar-refractivity contribution < 1.29 is 197 Å². The molecule has 4 aromatic rings. The van der Waals surface area contributed by atoms with E-state index in [0.717, 1.165) is 18.2 Å². The number of hydrazone groups is 1. The fourth-order valence-electron chi connectivity index (χ4n) is 4.47. The van der Waals surface area contributed by atoms with Gasteiger partial charge >= 0.3 is 118 Å². The number of aromatic hydroxyl groups is 1. The summed E-state index contributed by atoms with van der Waals surface area (Å²) in [6.07, 6.45) is 0.790. The molecule has 1 aliphatic rings. The minimum absolute atomic E-state index is 0. The third-order valence-electron chi connectivity index (χ3n) is 6.64. The van der Waals surface area contributed by atoms with Crippen LogP contribution in [0.4, 0.5) is 34.6 Å². The van der Waals surface area contributed by atoms with Crippen molar-refractivity contribution in [1.82, 2.24) is 15.0 Å². The minimum atomic E-state index is -5.32. The van der Waals surface area contributed by atoms with Crippen LogP contribution >= 0.6 is 11.6 Å². The number of hydrogen-bond donors (Lipinski definition) is 9. The quantitative estimate of drug-likeness (QED) is 0.0308. The maximum atomic E-state index is 13.4. The first-order valence-electron chi connectivity index (χ1n) is 13.3. The van der Waals surface area contributed by atoms with Gasteiger partial charge in [0.05, 0.1) is 10.6 Å². The Labute approximate surface area is 427 Å². The van der Waals surface area contributed by atoms with Gasteiger partial charge in [-0.25, -0.2) is 0 Å². The van der Waals surface area contributed by atoms with E-state index in [-0.39, 0.29) is 187 Å².